The zero-order chi connectivity index (χ0) is 12.6. The Bertz CT molecular complexity index is 435. The smallest absolute Gasteiger partial charge is 0.167 e. The molecule has 1 heterocycles. The van der Waals surface area contributed by atoms with Crippen molar-refractivity contribution in [3.63, 3.8) is 0 Å². The van der Waals surface area contributed by atoms with Crippen LogP contribution in [0.4, 0.5) is 15.8 Å². The third kappa shape index (κ3) is 2.29. The average Bonchev–Trinajstić information content (AvgIpc) is 2.59. The molecule has 0 bridgehead atoms. The fourth-order valence-corrected chi connectivity index (χ4v) is 2.14. The molecule has 1 unspecified atom stereocenters. The quantitative estimate of drug-likeness (QED) is 0.767. The standard InChI is InChI=1S/C12H17FN2O2/c1-12(16)3-4-15(7-12)10-6-11(17-2)8(13)5-9(10)14/h5-6,16H,3-4,7,14H2,1-2H3. The molecule has 5 heteroatoms. The Labute approximate surface area is 99.8 Å². The molecule has 0 saturated carbocycles. The molecule has 1 aromatic rings. The number of nitrogens with zero attached hydrogens (tertiary/aromatic N) is 1. The summed E-state index contributed by atoms with van der Waals surface area (Å²) in [5, 5.41) is 9.91. The van der Waals surface area contributed by atoms with Crippen LogP contribution >= 0.6 is 0 Å². The first-order chi connectivity index (χ1) is 7.93. The lowest BCUT2D eigenvalue weighted by Gasteiger charge is -2.23. The topological polar surface area (TPSA) is 58.7 Å². The number of benzene rings is 1. The number of rotatable bonds is 2. The van der Waals surface area contributed by atoms with E-state index >= 15 is 0 Å². The minimum Gasteiger partial charge on any atom is -0.494 e. The Balaban J connectivity index is 2.33. The predicted octanol–water partition coefficient (Wildman–Crippen LogP) is 1.38. The molecular formula is C12H17FN2O2. The van der Waals surface area contributed by atoms with Crippen LogP contribution in [0.5, 0.6) is 5.75 Å². The molecule has 0 spiro atoms. The van der Waals surface area contributed by atoms with E-state index in [1.807, 2.05) is 4.90 Å². The number of hydrogen-bond acceptors (Lipinski definition) is 4. The van der Waals surface area contributed by atoms with Crippen LogP contribution in [0.3, 0.4) is 0 Å². The van der Waals surface area contributed by atoms with Crippen LogP contribution in [0.25, 0.3) is 0 Å². The summed E-state index contributed by atoms with van der Waals surface area (Å²) < 4.78 is 18.3. The zero-order valence-corrected chi connectivity index (χ0v) is 10.0. The molecule has 1 aromatic carbocycles. The highest BCUT2D eigenvalue weighted by atomic mass is 19.1. The molecule has 17 heavy (non-hydrogen) atoms. The van der Waals surface area contributed by atoms with Gasteiger partial charge < -0.3 is 20.5 Å². The number of aliphatic hydroxyl groups is 1. The van der Waals surface area contributed by atoms with Gasteiger partial charge in [-0.15, -0.1) is 0 Å². The van der Waals surface area contributed by atoms with Crippen LogP contribution in [0.15, 0.2) is 12.1 Å². The SMILES string of the molecule is COc1cc(N2CCC(C)(O)C2)c(N)cc1F. The van der Waals surface area contributed by atoms with E-state index in [0.717, 1.165) is 0 Å². The number of anilines is 2. The van der Waals surface area contributed by atoms with Crippen LogP contribution in [-0.4, -0.2) is 30.9 Å². The second-order valence-electron chi connectivity index (χ2n) is 4.71. The molecular weight excluding hydrogens is 223 g/mol. The van der Waals surface area contributed by atoms with E-state index < -0.39 is 11.4 Å². The van der Waals surface area contributed by atoms with E-state index in [9.17, 15) is 9.50 Å². The number of hydrogen-bond donors (Lipinski definition) is 2. The molecule has 0 aromatic heterocycles. The van der Waals surface area contributed by atoms with Gasteiger partial charge in [0.25, 0.3) is 0 Å². The molecule has 0 radical (unpaired) electrons. The minimum atomic E-state index is -0.714. The second-order valence-corrected chi connectivity index (χ2v) is 4.71. The van der Waals surface area contributed by atoms with Crippen molar-refractivity contribution in [1.29, 1.82) is 0 Å². The van der Waals surface area contributed by atoms with Gasteiger partial charge in [-0.1, -0.05) is 0 Å². The second kappa shape index (κ2) is 4.07. The summed E-state index contributed by atoms with van der Waals surface area (Å²) in [5.74, 6) is -0.305. The van der Waals surface area contributed by atoms with Gasteiger partial charge in [0.15, 0.2) is 11.6 Å². The lowest BCUT2D eigenvalue weighted by Crippen LogP contribution is -2.30. The number of β-amino-alcohol motifs (C(OH)–C–C–N with tert-alkyl or cyclic N) is 1. The monoisotopic (exact) mass is 240 g/mol. The van der Waals surface area contributed by atoms with E-state index in [1.165, 1.54) is 13.2 Å². The number of nitrogen functional groups attached to an aromatic ring is 1. The fourth-order valence-electron chi connectivity index (χ4n) is 2.14. The Hall–Kier alpha value is -1.49. The highest BCUT2D eigenvalue weighted by Crippen LogP contribution is 2.34. The van der Waals surface area contributed by atoms with Crippen molar-refractivity contribution in [1.82, 2.24) is 0 Å². The summed E-state index contributed by atoms with van der Waals surface area (Å²) >= 11 is 0. The molecule has 1 saturated heterocycles. The number of ether oxygens (including phenoxy) is 1. The average molecular weight is 240 g/mol. The molecule has 0 aliphatic carbocycles. The third-order valence-corrected chi connectivity index (χ3v) is 3.09. The Morgan fingerprint density at radius 2 is 2.24 bits per heavy atom. The normalized spacial score (nSPS) is 24.1. The number of nitrogens with two attached hydrogens (primary N) is 1. The van der Waals surface area contributed by atoms with Crippen molar-refractivity contribution in [2.45, 2.75) is 18.9 Å². The van der Waals surface area contributed by atoms with Gasteiger partial charge in [0.2, 0.25) is 0 Å². The van der Waals surface area contributed by atoms with Crippen LogP contribution in [0.1, 0.15) is 13.3 Å². The molecule has 2 rings (SSSR count). The van der Waals surface area contributed by atoms with E-state index in [0.29, 0.717) is 30.9 Å². The lowest BCUT2D eigenvalue weighted by molar-refractivity contribution is 0.0839. The van der Waals surface area contributed by atoms with Crippen molar-refractivity contribution in [3.8, 4) is 5.75 Å². The van der Waals surface area contributed by atoms with Crippen LogP contribution in [-0.2, 0) is 0 Å². The molecule has 3 N–H and O–H groups in total. The summed E-state index contributed by atoms with van der Waals surface area (Å²) in [6, 6.07) is 2.83. The number of halogens is 1. The van der Waals surface area contributed by atoms with Gasteiger partial charge in [0.05, 0.1) is 24.1 Å². The van der Waals surface area contributed by atoms with E-state index in [4.69, 9.17) is 10.5 Å². The molecule has 0 amide bonds. The van der Waals surface area contributed by atoms with Gasteiger partial charge >= 0.3 is 0 Å². The maximum absolute atomic E-state index is 13.4. The fraction of sp³-hybridized carbons (Fsp3) is 0.500. The van der Waals surface area contributed by atoms with Gasteiger partial charge in [0, 0.05) is 25.2 Å². The minimum absolute atomic E-state index is 0.167. The van der Waals surface area contributed by atoms with Gasteiger partial charge in [-0.3, -0.25) is 0 Å². The Morgan fingerprint density at radius 3 is 2.76 bits per heavy atom. The highest BCUT2D eigenvalue weighted by Gasteiger charge is 2.32. The van der Waals surface area contributed by atoms with Crippen LogP contribution in [0, 0.1) is 5.82 Å². The van der Waals surface area contributed by atoms with Crippen LogP contribution in [0.2, 0.25) is 0 Å². The van der Waals surface area contributed by atoms with E-state index in [2.05, 4.69) is 0 Å². The molecule has 1 aliphatic rings. The molecule has 1 fully saturated rings. The first-order valence-corrected chi connectivity index (χ1v) is 5.53. The summed E-state index contributed by atoms with van der Waals surface area (Å²) in [4.78, 5) is 1.94. The third-order valence-electron chi connectivity index (χ3n) is 3.09. The predicted molar refractivity (Wildman–Crippen MR) is 64.8 cm³/mol. The van der Waals surface area contributed by atoms with Crippen molar-refractivity contribution in [2.24, 2.45) is 0 Å². The van der Waals surface area contributed by atoms with Crippen molar-refractivity contribution >= 4 is 11.4 Å². The van der Waals surface area contributed by atoms with Crippen molar-refractivity contribution in [3.05, 3.63) is 17.9 Å². The van der Waals surface area contributed by atoms with Gasteiger partial charge in [-0.05, 0) is 13.3 Å². The largest absolute Gasteiger partial charge is 0.494 e. The molecule has 94 valence electrons. The van der Waals surface area contributed by atoms with E-state index in [-0.39, 0.29) is 5.75 Å². The Kier molecular flexibility index (Phi) is 2.87. The van der Waals surface area contributed by atoms with Crippen LogP contribution < -0.4 is 15.4 Å². The maximum Gasteiger partial charge on any atom is 0.167 e. The zero-order valence-electron chi connectivity index (χ0n) is 10.0. The summed E-state index contributed by atoms with van der Waals surface area (Å²) in [5.41, 5.74) is 6.15. The lowest BCUT2D eigenvalue weighted by atomic mass is 10.1. The molecule has 1 aliphatic heterocycles. The first-order valence-electron chi connectivity index (χ1n) is 5.53. The summed E-state index contributed by atoms with van der Waals surface area (Å²) in [6.07, 6.45) is 0.673. The van der Waals surface area contributed by atoms with E-state index in [1.54, 1.807) is 13.0 Å². The maximum atomic E-state index is 13.4. The van der Waals surface area contributed by atoms with Crippen molar-refractivity contribution in [2.75, 3.05) is 30.8 Å². The summed E-state index contributed by atoms with van der Waals surface area (Å²) in [6.45, 7) is 2.97. The summed E-state index contributed by atoms with van der Waals surface area (Å²) in [7, 11) is 1.42. The Morgan fingerprint density at radius 1 is 1.53 bits per heavy atom. The molecule has 4 nitrogen and oxygen atoms in total. The highest BCUT2D eigenvalue weighted by molar-refractivity contribution is 5.70. The van der Waals surface area contributed by atoms with Crippen molar-refractivity contribution < 1.29 is 14.2 Å². The first kappa shape index (κ1) is 12.0. The number of methoxy groups -OCH3 is 1. The van der Waals surface area contributed by atoms with Gasteiger partial charge in [-0.2, -0.15) is 0 Å². The molecule has 1 atom stereocenters. The van der Waals surface area contributed by atoms with Gasteiger partial charge in [0.1, 0.15) is 0 Å². The van der Waals surface area contributed by atoms with Gasteiger partial charge in [-0.25, -0.2) is 4.39 Å².